The van der Waals surface area contributed by atoms with Crippen LogP contribution >= 0.6 is 11.6 Å². The minimum absolute atomic E-state index is 0.0333. The second kappa shape index (κ2) is 5.09. The first-order valence-electron chi connectivity index (χ1n) is 6.95. The van der Waals surface area contributed by atoms with E-state index in [4.69, 9.17) is 11.6 Å². The summed E-state index contributed by atoms with van der Waals surface area (Å²) in [5.41, 5.74) is 3.01. The number of aromatic nitrogens is 2. The van der Waals surface area contributed by atoms with Crippen LogP contribution in [0.1, 0.15) is 36.5 Å². The Labute approximate surface area is 123 Å². The third-order valence-corrected chi connectivity index (χ3v) is 3.73. The number of alkyl halides is 1. The second-order valence-corrected chi connectivity index (χ2v) is 6.16. The number of carbonyl (C=O) groups excluding carboxylic acids is 1. The fourth-order valence-electron chi connectivity index (χ4n) is 2.37. The third kappa shape index (κ3) is 2.66. The van der Waals surface area contributed by atoms with Crippen molar-refractivity contribution in [2.75, 3.05) is 0 Å². The molecular formula is C15H18ClN3O. The molecule has 1 aliphatic carbocycles. The number of benzene rings is 1. The van der Waals surface area contributed by atoms with Gasteiger partial charge in [0.15, 0.2) is 0 Å². The van der Waals surface area contributed by atoms with Crippen molar-refractivity contribution in [1.82, 2.24) is 14.9 Å². The molecule has 1 saturated carbocycles. The zero-order valence-electron chi connectivity index (χ0n) is 11.7. The van der Waals surface area contributed by atoms with Gasteiger partial charge in [0.05, 0.1) is 16.4 Å². The Morgan fingerprint density at radius 1 is 1.55 bits per heavy atom. The van der Waals surface area contributed by atoms with Crippen molar-refractivity contribution < 1.29 is 4.79 Å². The van der Waals surface area contributed by atoms with Crippen molar-refractivity contribution >= 4 is 28.5 Å². The van der Waals surface area contributed by atoms with E-state index in [0.29, 0.717) is 6.04 Å². The van der Waals surface area contributed by atoms with Crippen LogP contribution in [0.3, 0.4) is 0 Å². The molecule has 1 heterocycles. The fourth-order valence-corrected chi connectivity index (χ4v) is 2.54. The van der Waals surface area contributed by atoms with Crippen LogP contribution in [-0.2, 0) is 11.3 Å². The van der Waals surface area contributed by atoms with E-state index in [9.17, 15) is 4.79 Å². The highest BCUT2D eigenvalue weighted by molar-refractivity contribution is 6.20. The number of aryl methyl sites for hydroxylation is 1. The number of fused-ring (bicyclic) bond motifs is 1. The van der Waals surface area contributed by atoms with E-state index in [1.54, 1.807) is 0 Å². The highest BCUT2D eigenvalue weighted by Gasteiger charge is 2.24. The zero-order chi connectivity index (χ0) is 14.3. The van der Waals surface area contributed by atoms with E-state index in [-0.39, 0.29) is 17.8 Å². The van der Waals surface area contributed by atoms with Crippen LogP contribution in [-0.4, -0.2) is 21.5 Å². The molecule has 0 saturated heterocycles. The van der Waals surface area contributed by atoms with Crippen molar-refractivity contribution in [2.24, 2.45) is 0 Å². The van der Waals surface area contributed by atoms with Gasteiger partial charge in [-0.1, -0.05) is 6.07 Å². The predicted octanol–water partition coefficient (Wildman–Crippen LogP) is 2.92. The van der Waals surface area contributed by atoms with Crippen LogP contribution in [0.25, 0.3) is 11.0 Å². The van der Waals surface area contributed by atoms with E-state index in [1.807, 2.05) is 36.6 Å². The molecule has 0 radical (unpaired) electrons. The van der Waals surface area contributed by atoms with Gasteiger partial charge in [0.2, 0.25) is 5.91 Å². The summed E-state index contributed by atoms with van der Waals surface area (Å²) in [6, 6.07) is 6.43. The molecule has 4 nitrogen and oxygen atoms in total. The summed E-state index contributed by atoms with van der Waals surface area (Å²) in [6.07, 6.45) is 2.18. The van der Waals surface area contributed by atoms with Crippen molar-refractivity contribution in [2.45, 2.75) is 44.7 Å². The summed E-state index contributed by atoms with van der Waals surface area (Å²) >= 11 is 6.21. The molecule has 3 rings (SSSR count). The lowest BCUT2D eigenvalue weighted by Crippen LogP contribution is -2.29. The standard InChI is InChI=1S/C15H18ClN3O/c1-9-3-6-13-12(7-9)18-15(10(2)16)19(13)8-14(20)17-11-4-5-11/h3,6-7,10-11H,4-5,8H2,1-2H3,(H,17,20). The van der Waals surface area contributed by atoms with Crippen LogP contribution < -0.4 is 5.32 Å². The minimum Gasteiger partial charge on any atom is -0.352 e. The Kier molecular flexibility index (Phi) is 3.42. The van der Waals surface area contributed by atoms with Gasteiger partial charge in [0.1, 0.15) is 12.4 Å². The fraction of sp³-hybridized carbons (Fsp3) is 0.467. The molecular weight excluding hydrogens is 274 g/mol. The summed E-state index contributed by atoms with van der Waals surface area (Å²) < 4.78 is 1.92. The van der Waals surface area contributed by atoms with Crippen LogP contribution in [0.2, 0.25) is 0 Å². The summed E-state index contributed by atoms with van der Waals surface area (Å²) in [4.78, 5) is 16.6. The Bertz CT molecular complexity index is 658. The Hall–Kier alpha value is -1.55. The molecule has 1 atom stereocenters. The van der Waals surface area contributed by atoms with Gasteiger partial charge in [0, 0.05) is 6.04 Å². The monoisotopic (exact) mass is 291 g/mol. The van der Waals surface area contributed by atoms with Gasteiger partial charge in [-0.25, -0.2) is 4.98 Å². The van der Waals surface area contributed by atoms with E-state index >= 15 is 0 Å². The topological polar surface area (TPSA) is 46.9 Å². The second-order valence-electron chi connectivity index (χ2n) is 5.51. The molecule has 106 valence electrons. The maximum atomic E-state index is 12.0. The first-order valence-corrected chi connectivity index (χ1v) is 7.38. The van der Waals surface area contributed by atoms with Crippen molar-refractivity contribution in [3.63, 3.8) is 0 Å². The first-order chi connectivity index (χ1) is 9.54. The van der Waals surface area contributed by atoms with Crippen LogP contribution in [0.5, 0.6) is 0 Å². The maximum Gasteiger partial charge on any atom is 0.240 e. The number of imidazole rings is 1. The van der Waals surface area contributed by atoms with Gasteiger partial charge in [-0.2, -0.15) is 0 Å². The number of nitrogens with zero attached hydrogens (tertiary/aromatic N) is 2. The molecule has 5 heteroatoms. The summed E-state index contributed by atoms with van der Waals surface area (Å²) in [7, 11) is 0. The quantitative estimate of drug-likeness (QED) is 0.881. The molecule has 0 aliphatic heterocycles. The number of amides is 1. The lowest BCUT2D eigenvalue weighted by Gasteiger charge is -2.10. The van der Waals surface area contributed by atoms with Crippen LogP contribution in [0, 0.1) is 6.92 Å². The summed E-state index contributed by atoms with van der Waals surface area (Å²) in [5.74, 6) is 0.782. The maximum absolute atomic E-state index is 12.0. The average Bonchev–Trinajstić information content (AvgIpc) is 3.11. The average molecular weight is 292 g/mol. The van der Waals surface area contributed by atoms with Crippen molar-refractivity contribution in [3.8, 4) is 0 Å². The molecule has 1 amide bonds. The predicted molar refractivity (Wildman–Crippen MR) is 79.9 cm³/mol. The lowest BCUT2D eigenvalue weighted by molar-refractivity contribution is -0.121. The molecule has 2 aromatic rings. The Morgan fingerprint density at radius 3 is 2.95 bits per heavy atom. The molecule has 1 N–H and O–H groups in total. The molecule has 1 unspecified atom stereocenters. The van der Waals surface area contributed by atoms with Gasteiger partial charge >= 0.3 is 0 Å². The van der Waals surface area contributed by atoms with Gasteiger partial charge in [0.25, 0.3) is 0 Å². The normalized spacial score (nSPS) is 16.4. The van der Waals surface area contributed by atoms with Crippen molar-refractivity contribution in [3.05, 3.63) is 29.6 Å². The molecule has 1 fully saturated rings. The molecule has 1 aromatic carbocycles. The number of hydrogen-bond donors (Lipinski definition) is 1. The lowest BCUT2D eigenvalue weighted by atomic mass is 10.2. The zero-order valence-corrected chi connectivity index (χ0v) is 12.4. The van der Waals surface area contributed by atoms with Gasteiger partial charge in [-0.3, -0.25) is 4.79 Å². The third-order valence-electron chi connectivity index (χ3n) is 3.53. The Morgan fingerprint density at radius 2 is 2.30 bits per heavy atom. The number of halogens is 1. The first kappa shape index (κ1) is 13.4. The minimum atomic E-state index is -0.226. The van der Waals surface area contributed by atoms with Crippen LogP contribution in [0.15, 0.2) is 18.2 Å². The van der Waals surface area contributed by atoms with Crippen LogP contribution in [0.4, 0.5) is 0 Å². The van der Waals surface area contributed by atoms with E-state index in [0.717, 1.165) is 35.3 Å². The molecule has 1 aromatic heterocycles. The molecule has 1 aliphatic rings. The SMILES string of the molecule is Cc1ccc2c(c1)nc(C(C)Cl)n2CC(=O)NC1CC1. The number of hydrogen-bond acceptors (Lipinski definition) is 2. The van der Waals surface area contributed by atoms with Gasteiger partial charge in [-0.15, -0.1) is 11.6 Å². The molecule has 0 bridgehead atoms. The van der Waals surface area contributed by atoms with Crippen molar-refractivity contribution in [1.29, 1.82) is 0 Å². The number of rotatable bonds is 4. The highest BCUT2D eigenvalue weighted by Crippen LogP contribution is 2.25. The van der Waals surface area contributed by atoms with E-state index in [1.165, 1.54) is 0 Å². The smallest absolute Gasteiger partial charge is 0.240 e. The van der Waals surface area contributed by atoms with E-state index in [2.05, 4.69) is 10.3 Å². The molecule has 0 spiro atoms. The summed E-state index contributed by atoms with van der Waals surface area (Å²) in [5, 5.41) is 2.78. The largest absolute Gasteiger partial charge is 0.352 e. The summed E-state index contributed by atoms with van der Waals surface area (Å²) in [6.45, 7) is 4.19. The highest BCUT2D eigenvalue weighted by atomic mass is 35.5. The number of nitrogens with one attached hydrogen (secondary N) is 1. The molecule has 20 heavy (non-hydrogen) atoms. The van der Waals surface area contributed by atoms with Gasteiger partial charge in [-0.05, 0) is 44.4 Å². The Balaban J connectivity index is 1.97. The van der Waals surface area contributed by atoms with Gasteiger partial charge < -0.3 is 9.88 Å². The number of carbonyl (C=O) groups is 1. The van der Waals surface area contributed by atoms with E-state index < -0.39 is 0 Å².